The van der Waals surface area contributed by atoms with Crippen molar-refractivity contribution in [1.82, 2.24) is 29.7 Å². The summed E-state index contributed by atoms with van der Waals surface area (Å²) in [4.78, 5) is 20.6. The molecular formula is C30H34Cl2N6O2. The maximum absolute atomic E-state index is 6.47. The van der Waals surface area contributed by atoms with Gasteiger partial charge in [0.05, 0.1) is 45.3 Å². The number of nitrogens with one attached hydrogen (secondary N) is 2. The molecule has 2 heterocycles. The molecule has 0 fully saturated rings. The quantitative estimate of drug-likeness (QED) is 0.159. The summed E-state index contributed by atoms with van der Waals surface area (Å²) in [6.45, 7) is 3.11. The zero-order valence-electron chi connectivity index (χ0n) is 23.2. The first-order valence-corrected chi connectivity index (χ1v) is 14.1. The molecule has 0 spiro atoms. The molecule has 210 valence electrons. The molecule has 0 unspecified atom stereocenters. The fourth-order valence-electron chi connectivity index (χ4n) is 4.43. The van der Waals surface area contributed by atoms with Crippen molar-refractivity contribution >= 4 is 45.3 Å². The zero-order valence-corrected chi connectivity index (χ0v) is 24.7. The Hall–Kier alpha value is -3.30. The van der Waals surface area contributed by atoms with Crippen molar-refractivity contribution in [3.8, 4) is 34.3 Å². The Labute approximate surface area is 244 Å². The van der Waals surface area contributed by atoms with Crippen LogP contribution >= 0.6 is 23.2 Å². The van der Waals surface area contributed by atoms with Crippen LogP contribution in [0, 0.1) is 0 Å². The van der Waals surface area contributed by atoms with Gasteiger partial charge in [-0.3, -0.25) is 0 Å². The van der Waals surface area contributed by atoms with Crippen LogP contribution in [-0.4, -0.2) is 84.2 Å². The minimum atomic E-state index is 0.565. The second kappa shape index (κ2) is 12.5. The number of halogens is 2. The van der Waals surface area contributed by atoms with Crippen LogP contribution in [0.2, 0.25) is 10.0 Å². The summed E-state index contributed by atoms with van der Waals surface area (Å²) >= 11 is 12.9. The fraction of sp³-hybridized carbons (Fsp3) is 0.333. The minimum absolute atomic E-state index is 0.565. The maximum atomic E-state index is 6.47. The van der Waals surface area contributed by atoms with E-state index in [0.717, 1.165) is 70.8 Å². The Morgan fingerprint density at radius 1 is 0.650 bits per heavy atom. The number of fused-ring (bicyclic) bond motifs is 2. The molecule has 5 aromatic rings. The van der Waals surface area contributed by atoms with Crippen molar-refractivity contribution < 1.29 is 9.47 Å². The van der Waals surface area contributed by atoms with Crippen molar-refractivity contribution in [1.29, 1.82) is 0 Å². The van der Waals surface area contributed by atoms with Gasteiger partial charge in [0.1, 0.15) is 23.1 Å². The van der Waals surface area contributed by atoms with Crippen molar-refractivity contribution in [2.45, 2.75) is 12.8 Å². The van der Waals surface area contributed by atoms with Crippen LogP contribution in [0.5, 0.6) is 11.5 Å². The van der Waals surface area contributed by atoms with Gasteiger partial charge in [-0.25, -0.2) is 9.97 Å². The monoisotopic (exact) mass is 580 g/mol. The predicted molar refractivity (Wildman–Crippen MR) is 164 cm³/mol. The first-order valence-electron chi connectivity index (χ1n) is 13.3. The summed E-state index contributed by atoms with van der Waals surface area (Å²) in [6.07, 6.45) is 1.84. The molecule has 0 radical (unpaired) electrons. The normalized spacial score (nSPS) is 11.8. The Bertz CT molecular complexity index is 1470. The smallest absolute Gasteiger partial charge is 0.140 e. The summed E-state index contributed by atoms with van der Waals surface area (Å²) in [5, 5.41) is 1.13. The van der Waals surface area contributed by atoms with Crippen LogP contribution in [0.15, 0.2) is 48.5 Å². The average molecular weight is 582 g/mol. The third-order valence-corrected chi connectivity index (χ3v) is 7.11. The van der Waals surface area contributed by atoms with Crippen molar-refractivity contribution in [3.63, 3.8) is 0 Å². The second-order valence-electron chi connectivity index (χ2n) is 10.4. The molecule has 8 nitrogen and oxygen atoms in total. The lowest BCUT2D eigenvalue weighted by atomic mass is 10.1. The van der Waals surface area contributed by atoms with Crippen LogP contribution in [0.4, 0.5) is 0 Å². The summed E-state index contributed by atoms with van der Waals surface area (Å²) in [6, 6.07) is 15.6. The number of H-pyrrole nitrogens is 2. The highest BCUT2D eigenvalue weighted by Gasteiger charge is 2.13. The molecule has 5 rings (SSSR count). The molecule has 0 aliphatic heterocycles. The van der Waals surface area contributed by atoms with E-state index in [1.807, 2.05) is 76.7 Å². The number of hydrogen-bond acceptors (Lipinski definition) is 6. The van der Waals surface area contributed by atoms with E-state index in [4.69, 9.17) is 42.6 Å². The third kappa shape index (κ3) is 6.70. The van der Waals surface area contributed by atoms with Crippen LogP contribution in [-0.2, 0) is 0 Å². The number of rotatable bonds is 12. The number of benzene rings is 3. The van der Waals surface area contributed by atoms with Gasteiger partial charge in [0.15, 0.2) is 0 Å². The largest absolute Gasteiger partial charge is 0.492 e. The molecule has 3 aromatic carbocycles. The van der Waals surface area contributed by atoms with Crippen molar-refractivity contribution in [2.75, 3.05) is 54.5 Å². The summed E-state index contributed by atoms with van der Waals surface area (Å²) in [5.41, 5.74) is 5.24. The Morgan fingerprint density at radius 2 is 1.05 bits per heavy atom. The molecule has 0 amide bonds. The highest BCUT2D eigenvalue weighted by atomic mass is 35.5. The molecule has 0 saturated carbocycles. The summed E-state index contributed by atoms with van der Waals surface area (Å²) in [5.74, 6) is 2.81. The van der Waals surface area contributed by atoms with Gasteiger partial charge in [0.2, 0.25) is 0 Å². The van der Waals surface area contributed by atoms with E-state index in [0.29, 0.717) is 34.8 Å². The van der Waals surface area contributed by atoms with E-state index in [2.05, 4.69) is 19.8 Å². The molecule has 0 bridgehead atoms. The minimum Gasteiger partial charge on any atom is -0.492 e. The lowest BCUT2D eigenvalue weighted by molar-refractivity contribution is 0.282. The molecule has 0 saturated heterocycles. The molecular weight excluding hydrogens is 547 g/mol. The first-order chi connectivity index (χ1) is 19.3. The van der Waals surface area contributed by atoms with Gasteiger partial charge >= 0.3 is 0 Å². The Morgan fingerprint density at radius 3 is 1.43 bits per heavy atom. The predicted octanol–water partition coefficient (Wildman–Crippen LogP) is 6.74. The van der Waals surface area contributed by atoms with E-state index >= 15 is 0 Å². The van der Waals surface area contributed by atoms with Gasteiger partial charge in [-0.1, -0.05) is 47.5 Å². The molecule has 10 heteroatoms. The lowest BCUT2D eigenvalue weighted by Gasteiger charge is -2.11. The molecule has 40 heavy (non-hydrogen) atoms. The third-order valence-electron chi connectivity index (χ3n) is 6.52. The average Bonchev–Trinajstić information content (AvgIpc) is 3.52. The number of hydrogen-bond donors (Lipinski definition) is 2. The van der Waals surface area contributed by atoms with Crippen LogP contribution in [0.25, 0.3) is 44.8 Å². The maximum Gasteiger partial charge on any atom is 0.140 e. The van der Waals surface area contributed by atoms with Gasteiger partial charge in [0, 0.05) is 36.3 Å². The highest BCUT2D eigenvalue weighted by molar-refractivity contribution is 6.33. The van der Waals surface area contributed by atoms with Gasteiger partial charge in [-0.15, -0.1) is 0 Å². The first kappa shape index (κ1) is 28.2. The topological polar surface area (TPSA) is 82.3 Å². The second-order valence-corrected chi connectivity index (χ2v) is 11.2. The fourth-order valence-corrected chi connectivity index (χ4v) is 4.87. The van der Waals surface area contributed by atoms with Gasteiger partial charge in [0.25, 0.3) is 0 Å². The van der Waals surface area contributed by atoms with E-state index < -0.39 is 0 Å². The van der Waals surface area contributed by atoms with Gasteiger partial charge in [-0.05, 0) is 53.2 Å². The van der Waals surface area contributed by atoms with Gasteiger partial charge in [-0.2, -0.15) is 0 Å². The molecule has 0 aliphatic carbocycles. The number of nitrogens with zero attached hydrogens (tertiary/aromatic N) is 4. The molecule has 0 aliphatic rings. The van der Waals surface area contributed by atoms with E-state index in [-0.39, 0.29) is 0 Å². The van der Waals surface area contributed by atoms with Crippen molar-refractivity contribution in [2.24, 2.45) is 0 Å². The number of aromatic amines is 2. The highest BCUT2D eigenvalue weighted by Crippen LogP contribution is 2.33. The van der Waals surface area contributed by atoms with E-state index in [1.165, 1.54) is 0 Å². The van der Waals surface area contributed by atoms with Crippen LogP contribution in [0.3, 0.4) is 0 Å². The number of ether oxygens (including phenoxy) is 2. The summed E-state index contributed by atoms with van der Waals surface area (Å²) in [7, 11) is 8.18. The number of aromatic nitrogens is 4. The molecule has 2 aromatic heterocycles. The van der Waals surface area contributed by atoms with Crippen molar-refractivity contribution in [3.05, 3.63) is 58.6 Å². The van der Waals surface area contributed by atoms with Crippen LogP contribution in [0.1, 0.15) is 12.8 Å². The van der Waals surface area contributed by atoms with E-state index in [1.54, 1.807) is 0 Å². The van der Waals surface area contributed by atoms with E-state index in [9.17, 15) is 0 Å². The number of imidazole rings is 2. The summed E-state index contributed by atoms with van der Waals surface area (Å²) < 4.78 is 11.8. The zero-order chi connectivity index (χ0) is 28.2. The Balaban J connectivity index is 1.30. The molecule has 0 atom stereocenters. The van der Waals surface area contributed by atoms with Crippen LogP contribution < -0.4 is 9.47 Å². The van der Waals surface area contributed by atoms with Gasteiger partial charge < -0.3 is 29.2 Å². The standard InChI is InChI=1S/C30H34Cl2N6O2/c1-37(2)11-5-13-39-27-17-25-23(15-21(27)31)33-29(35-25)19-7-9-20(10-8-19)30-34-24-16-22(32)28(18-26(24)36-30)40-14-6-12-38(3)4/h7-10,15-18H,5-6,11-14H2,1-4H3,(H,33,35)(H,34,36). The SMILES string of the molecule is CN(C)CCCOc1cc2nc(-c3ccc(-c4nc5cc(OCCCN(C)C)c(Cl)cc5[nH]4)cc3)[nH]c2cc1Cl. The Kier molecular flexibility index (Phi) is 8.81. The molecule has 2 N–H and O–H groups in total. The lowest BCUT2D eigenvalue weighted by Crippen LogP contribution is -2.15.